The van der Waals surface area contributed by atoms with Gasteiger partial charge in [-0.25, -0.2) is 4.98 Å². The van der Waals surface area contributed by atoms with Crippen LogP contribution >= 0.6 is 12.4 Å². The van der Waals surface area contributed by atoms with Gasteiger partial charge in [0.25, 0.3) is 5.91 Å². The molecule has 1 aliphatic heterocycles. The van der Waals surface area contributed by atoms with Crippen molar-refractivity contribution in [2.24, 2.45) is 0 Å². The molecule has 1 aromatic rings. The topological polar surface area (TPSA) is 54.0 Å². The van der Waals surface area contributed by atoms with Crippen molar-refractivity contribution in [1.82, 2.24) is 15.6 Å². The highest BCUT2D eigenvalue weighted by atomic mass is 35.5. The summed E-state index contributed by atoms with van der Waals surface area (Å²) >= 11 is 0. The number of hydrogen-bond acceptors (Lipinski definition) is 3. The number of pyridine rings is 1. The van der Waals surface area contributed by atoms with E-state index < -0.39 is 11.9 Å². The number of piperidine rings is 1. The van der Waals surface area contributed by atoms with E-state index in [0.717, 1.165) is 32.0 Å². The molecular formula is C13H17ClF3N3O. The third-order valence-electron chi connectivity index (χ3n) is 3.30. The molecule has 0 unspecified atom stereocenters. The number of amides is 1. The van der Waals surface area contributed by atoms with Crippen LogP contribution in [0.25, 0.3) is 0 Å². The fourth-order valence-corrected chi connectivity index (χ4v) is 2.19. The summed E-state index contributed by atoms with van der Waals surface area (Å²) in [5, 5.41) is 6.01. The number of hydrogen-bond donors (Lipinski definition) is 2. The average molecular weight is 324 g/mol. The number of carbonyl (C=O) groups is 1. The van der Waals surface area contributed by atoms with Crippen LogP contribution in [0.1, 0.15) is 34.6 Å². The summed E-state index contributed by atoms with van der Waals surface area (Å²) in [6.07, 6.45) is -2.85. The van der Waals surface area contributed by atoms with Crippen LogP contribution in [0.15, 0.2) is 12.1 Å². The van der Waals surface area contributed by atoms with Gasteiger partial charge in [0.05, 0.1) is 11.3 Å². The standard InChI is InChI=1S/C13H16F3N3O.ClH/c1-8-10(2-3-11(18-8)13(14,15)16)12(20)19-9-4-6-17-7-5-9;/h2-3,9,17H,4-7H2,1H3,(H,19,20);1H. The molecule has 118 valence electrons. The van der Waals surface area contributed by atoms with Crippen LogP contribution in [-0.2, 0) is 6.18 Å². The molecule has 2 N–H and O–H groups in total. The molecule has 0 radical (unpaired) electrons. The first-order valence-corrected chi connectivity index (χ1v) is 6.44. The zero-order chi connectivity index (χ0) is 14.8. The number of carbonyl (C=O) groups excluding carboxylic acids is 1. The maximum absolute atomic E-state index is 12.5. The highest BCUT2D eigenvalue weighted by molar-refractivity contribution is 5.95. The summed E-state index contributed by atoms with van der Waals surface area (Å²) in [4.78, 5) is 15.5. The molecule has 1 amide bonds. The molecule has 2 rings (SSSR count). The van der Waals surface area contributed by atoms with E-state index >= 15 is 0 Å². The first-order chi connectivity index (χ1) is 9.38. The summed E-state index contributed by atoms with van der Waals surface area (Å²) in [6.45, 7) is 3.07. The summed E-state index contributed by atoms with van der Waals surface area (Å²) in [5.74, 6) is -0.365. The summed E-state index contributed by atoms with van der Waals surface area (Å²) < 4.78 is 37.5. The summed E-state index contributed by atoms with van der Waals surface area (Å²) in [7, 11) is 0. The predicted octanol–water partition coefficient (Wildman–Crippen LogP) is 2.31. The molecule has 0 spiro atoms. The quantitative estimate of drug-likeness (QED) is 0.878. The lowest BCUT2D eigenvalue weighted by molar-refractivity contribution is -0.141. The van der Waals surface area contributed by atoms with Crippen molar-refractivity contribution in [1.29, 1.82) is 0 Å². The highest BCUT2D eigenvalue weighted by Crippen LogP contribution is 2.28. The first kappa shape index (κ1) is 17.7. The number of halogens is 4. The molecule has 0 saturated carbocycles. The van der Waals surface area contributed by atoms with Crippen LogP contribution in [0.2, 0.25) is 0 Å². The van der Waals surface area contributed by atoms with Gasteiger partial charge in [-0.3, -0.25) is 4.79 Å². The minimum Gasteiger partial charge on any atom is -0.349 e. The number of alkyl halides is 3. The highest BCUT2D eigenvalue weighted by Gasteiger charge is 2.33. The van der Waals surface area contributed by atoms with Gasteiger partial charge in [0.1, 0.15) is 5.69 Å². The van der Waals surface area contributed by atoms with E-state index in [1.165, 1.54) is 13.0 Å². The number of aromatic nitrogens is 1. The Morgan fingerprint density at radius 2 is 1.95 bits per heavy atom. The van der Waals surface area contributed by atoms with Crippen molar-refractivity contribution < 1.29 is 18.0 Å². The van der Waals surface area contributed by atoms with Crippen molar-refractivity contribution in [2.75, 3.05) is 13.1 Å². The smallest absolute Gasteiger partial charge is 0.349 e. The Kier molecular flexibility index (Phi) is 5.98. The normalized spacial score (nSPS) is 16.2. The Labute approximate surface area is 126 Å². The molecule has 1 aliphatic rings. The molecule has 2 heterocycles. The molecule has 1 aromatic heterocycles. The van der Waals surface area contributed by atoms with Gasteiger partial charge in [-0.1, -0.05) is 0 Å². The zero-order valence-corrected chi connectivity index (χ0v) is 12.3. The lowest BCUT2D eigenvalue weighted by Crippen LogP contribution is -2.42. The van der Waals surface area contributed by atoms with Crippen LogP contribution in [0, 0.1) is 6.92 Å². The van der Waals surface area contributed by atoms with Crippen molar-refractivity contribution in [3.05, 3.63) is 29.1 Å². The Balaban J connectivity index is 0.00000220. The van der Waals surface area contributed by atoms with E-state index in [2.05, 4.69) is 15.6 Å². The van der Waals surface area contributed by atoms with Crippen LogP contribution in [-0.4, -0.2) is 30.0 Å². The molecular weight excluding hydrogens is 307 g/mol. The van der Waals surface area contributed by atoms with Crippen molar-refractivity contribution in [3.63, 3.8) is 0 Å². The maximum Gasteiger partial charge on any atom is 0.433 e. The fraction of sp³-hybridized carbons (Fsp3) is 0.538. The minimum absolute atomic E-state index is 0. The van der Waals surface area contributed by atoms with Crippen molar-refractivity contribution >= 4 is 18.3 Å². The minimum atomic E-state index is -4.49. The third-order valence-corrected chi connectivity index (χ3v) is 3.30. The number of nitrogens with one attached hydrogen (secondary N) is 2. The van der Waals surface area contributed by atoms with Crippen molar-refractivity contribution in [3.8, 4) is 0 Å². The van der Waals surface area contributed by atoms with Crippen LogP contribution in [0.4, 0.5) is 13.2 Å². The Bertz CT molecular complexity index is 502. The third kappa shape index (κ3) is 4.57. The molecule has 8 heteroatoms. The molecule has 4 nitrogen and oxygen atoms in total. The lowest BCUT2D eigenvalue weighted by atomic mass is 10.1. The largest absolute Gasteiger partial charge is 0.433 e. The zero-order valence-electron chi connectivity index (χ0n) is 11.5. The van der Waals surface area contributed by atoms with Crippen LogP contribution < -0.4 is 10.6 Å². The Hall–Kier alpha value is -1.34. The maximum atomic E-state index is 12.5. The molecule has 1 saturated heterocycles. The van der Waals surface area contributed by atoms with E-state index in [9.17, 15) is 18.0 Å². The second kappa shape index (κ2) is 7.09. The molecule has 0 aromatic carbocycles. The molecule has 0 aliphatic carbocycles. The van der Waals surface area contributed by atoms with Gasteiger partial charge in [-0.15, -0.1) is 12.4 Å². The predicted molar refractivity (Wildman–Crippen MR) is 74.6 cm³/mol. The number of nitrogens with zero attached hydrogens (tertiary/aromatic N) is 1. The summed E-state index contributed by atoms with van der Waals surface area (Å²) in [5.41, 5.74) is -0.698. The SMILES string of the molecule is Cc1nc(C(F)(F)F)ccc1C(=O)NC1CCNCC1.Cl. The van der Waals surface area contributed by atoms with Gasteiger partial charge >= 0.3 is 6.18 Å². The van der Waals surface area contributed by atoms with Crippen molar-refractivity contribution in [2.45, 2.75) is 32.0 Å². The Morgan fingerprint density at radius 1 is 1.33 bits per heavy atom. The van der Waals surface area contributed by atoms with Crippen LogP contribution in [0.3, 0.4) is 0 Å². The molecule has 1 fully saturated rings. The second-order valence-corrected chi connectivity index (χ2v) is 4.82. The van der Waals surface area contributed by atoms with Gasteiger partial charge in [0, 0.05) is 6.04 Å². The van der Waals surface area contributed by atoms with E-state index in [1.54, 1.807) is 0 Å². The van der Waals surface area contributed by atoms with Gasteiger partial charge in [-0.05, 0) is 45.0 Å². The fourth-order valence-electron chi connectivity index (χ4n) is 2.19. The van der Waals surface area contributed by atoms with Gasteiger partial charge in [0.2, 0.25) is 0 Å². The van der Waals surface area contributed by atoms with Gasteiger partial charge in [-0.2, -0.15) is 13.2 Å². The Morgan fingerprint density at radius 3 is 2.48 bits per heavy atom. The van der Waals surface area contributed by atoms with E-state index in [0.29, 0.717) is 0 Å². The number of rotatable bonds is 2. The summed E-state index contributed by atoms with van der Waals surface area (Å²) in [6, 6.07) is 2.08. The lowest BCUT2D eigenvalue weighted by Gasteiger charge is -2.24. The van der Waals surface area contributed by atoms with Gasteiger partial charge < -0.3 is 10.6 Å². The first-order valence-electron chi connectivity index (χ1n) is 6.44. The molecule has 0 atom stereocenters. The van der Waals surface area contributed by atoms with E-state index in [1.807, 2.05) is 0 Å². The second-order valence-electron chi connectivity index (χ2n) is 4.82. The van der Waals surface area contributed by atoms with Crippen LogP contribution in [0.5, 0.6) is 0 Å². The number of aryl methyl sites for hydroxylation is 1. The average Bonchev–Trinajstić information content (AvgIpc) is 2.38. The van der Waals surface area contributed by atoms with E-state index in [-0.39, 0.29) is 35.6 Å². The van der Waals surface area contributed by atoms with E-state index in [4.69, 9.17) is 0 Å². The monoisotopic (exact) mass is 323 g/mol. The van der Waals surface area contributed by atoms with Gasteiger partial charge in [0.15, 0.2) is 0 Å². The molecule has 0 bridgehead atoms. The molecule has 21 heavy (non-hydrogen) atoms.